The Morgan fingerprint density at radius 1 is 1.11 bits per heavy atom. The van der Waals surface area contributed by atoms with Gasteiger partial charge in [0.25, 0.3) is 0 Å². The van der Waals surface area contributed by atoms with E-state index in [-0.39, 0.29) is 17.8 Å². The summed E-state index contributed by atoms with van der Waals surface area (Å²) >= 11 is 0. The van der Waals surface area contributed by atoms with Gasteiger partial charge in [0.2, 0.25) is 0 Å². The van der Waals surface area contributed by atoms with Gasteiger partial charge in [-0.1, -0.05) is 23.4 Å². The highest BCUT2D eigenvalue weighted by atomic mass is 19.1. The van der Waals surface area contributed by atoms with E-state index in [1.54, 1.807) is 22.6 Å². The zero-order valence-electron chi connectivity index (χ0n) is 15.6. The predicted octanol–water partition coefficient (Wildman–Crippen LogP) is 4.44. The van der Waals surface area contributed by atoms with Crippen LogP contribution in [0.25, 0.3) is 5.52 Å². The smallest absolute Gasteiger partial charge is 0.198 e. The molecule has 1 aromatic carbocycles. The molecule has 1 unspecified atom stereocenters. The van der Waals surface area contributed by atoms with Crippen LogP contribution >= 0.6 is 0 Å². The second kappa shape index (κ2) is 6.55. The molecule has 6 heteroatoms. The van der Waals surface area contributed by atoms with Gasteiger partial charge in [0, 0.05) is 24.1 Å². The fourth-order valence-corrected chi connectivity index (χ4v) is 4.28. The number of benzene rings is 1. The van der Waals surface area contributed by atoms with Crippen molar-refractivity contribution in [3.05, 3.63) is 88.5 Å². The van der Waals surface area contributed by atoms with Crippen LogP contribution in [0, 0.1) is 18.7 Å². The molecule has 1 atom stereocenters. The van der Waals surface area contributed by atoms with Crippen molar-refractivity contribution in [3.63, 3.8) is 0 Å². The maximum absolute atomic E-state index is 14.4. The number of aryl methyl sites for hydroxylation is 1. The van der Waals surface area contributed by atoms with Crippen LogP contribution in [0.3, 0.4) is 0 Å². The van der Waals surface area contributed by atoms with Gasteiger partial charge < -0.3 is 0 Å². The van der Waals surface area contributed by atoms with Gasteiger partial charge in [0.1, 0.15) is 5.82 Å². The van der Waals surface area contributed by atoms with E-state index >= 15 is 0 Å². The van der Waals surface area contributed by atoms with Crippen LogP contribution in [0.4, 0.5) is 8.78 Å². The highest BCUT2D eigenvalue weighted by Gasteiger charge is 2.26. The van der Waals surface area contributed by atoms with E-state index in [0.717, 1.165) is 47.4 Å². The predicted molar refractivity (Wildman–Crippen MR) is 102 cm³/mol. The van der Waals surface area contributed by atoms with Crippen LogP contribution in [0.1, 0.15) is 40.7 Å². The van der Waals surface area contributed by atoms with Gasteiger partial charge in [-0.25, -0.2) is 9.07 Å². The summed E-state index contributed by atoms with van der Waals surface area (Å²) in [4.78, 5) is 0. The molecule has 0 radical (unpaired) electrons. The Labute approximate surface area is 161 Å². The molecule has 0 amide bonds. The zero-order valence-corrected chi connectivity index (χ0v) is 15.6. The van der Waals surface area contributed by atoms with Gasteiger partial charge in [-0.05, 0) is 61.2 Å². The van der Waals surface area contributed by atoms with Crippen LogP contribution < -0.4 is 0 Å². The third-order valence-corrected chi connectivity index (χ3v) is 5.76. The summed E-state index contributed by atoms with van der Waals surface area (Å²) < 4.78 is 31.2. The number of fused-ring (bicyclic) bond motifs is 3. The van der Waals surface area contributed by atoms with Crippen LogP contribution in [0.15, 0.2) is 48.5 Å². The van der Waals surface area contributed by atoms with Crippen molar-refractivity contribution in [2.75, 3.05) is 0 Å². The fourth-order valence-electron chi connectivity index (χ4n) is 4.28. The van der Waals surface area contributed by atoms with Crippen molar-refractivity contribution in [2.45, 2.75) is 38.6 Å². The molecule has 0 fully saturated rings. The molecule has 3 aromatic heterocycles. The molecule has 1 aliphatic rings. The number of aromatic nitrogens is 4. The Morgan fingerprint density at radius 3 is 2.75 bits per heavy atom. The second-order valence-electron chi connectivity index (χ2n) is 7.49. The van der Waals surface area contributed by atoms with Crippen LogP contribution in [0.5, 0.6) is 0 Å². The first-order valence-electron chi connectivity index (χ1n) is 9.53. The van der Waals surface area contributed by atoms with Gasteiger partial charge in [0.05, 0.1) is 17.4 Å². The minimum Gasteiger partial charge on any atom is -0.290 e. The Hall–Kier alpha value is -3.02. The van der Waals surface area contributed by atoms with Crippen molar-refractivity contribution in [3.8, 4) is 0 Å². The second-order valence-corrected chi connectivity index (χ2v) is 7.49. The summed E-state index contributed by atoms with van der Waals surface area (Å²) in [7, 11) is 0. The summed E-state index contributed by atoms with van der Waals surface area (Å²) in [5, 5.41) is 8.77. The first-order valence-corrected chi connectivity index (χ1v) is 9.53. The van der Waals surface area contributed by atoms with E-state index in [2.05, 4.69) is 16.4 Å². The largest absolute Gasteiger partial charge is 0.290 e. The molecule has 0 aliphatic heterocycles. The SMILES string of the molecule is Cc1c(Cc2ccc(F)cc2)nnn1C1CCc2cc3cccc(F)n3c2C1. The molecule has 0 saturated carbocycles. The Kier molecular flexibility index (Phi) is 4.00. The van der Waals surface area contributed by atoms with Gasteiger partial charge in [-0.15, -0.1) is 5.10 Å². The standard InChI is InChI=1S/C22H20F2N4/c1-14-20(11-15-5-8-17(23)9-6-15)25-26-28(14)19-10-7-16-12-18-3-2-4-22(24)27(18)21(16)13-19/h2-6,8-9,12,19H,7,10-11,13H2,1H3. The van der Waals surface area contributed by atoms with Crippen LogP contribution in [-0.2, 0) is 19.3 Å². The quantitative estimate of drug-likeness (QED) is 0.494. The molecule has 28 heavy (non-hydrogen) atoms. The molecular weight excluding hydrogens is 358 g/mol. The number of rotatable bonds is 3. The monoisotopic (exact) mass is 378 g/mol. The van der Waals surface area contributed by atoms with E-state index in [1.807, 2.05) is 17.7 Å². The van der Waals surface area contributed by atoms with Crippen molar-refractivity contribution in [1.29, 1.82) is 0 Å². The highest BCUT2D eigenvalue weighted by Crippen LogP contribution is 2.32. The lowest BCUT2D eigenvalue weighted by atomic mass is 9.93. The average molecular weight is 378 g/mol. The summed E-state index contributed by atoms with van der Waals surface area (Å²) in [6, 6.07) is 13.9. The molecule has 4 aromatic rings. The van der Waals surface area contributed by atoms with E-state index in [1.165, 1.54) is 23.8 Å². The van der Waals surface area contributed by atoms with Crippen molar-refractivity contribution in [1.82, 2.24) is 19.4 Å². The summed E-state index contributed by atoms with van der Waals surface area (Å²) in [5.74, 6) is -0.472. The summed E-state index contributed by atoms with van der Waals surface area (Å²) in [6.45, 7) is 2.02. The van der Waals surface area contributed by atoms with E-state index in [4.69, 9.17) is 0 Å². The topological polar surface area (TPSA) is 35.1 Å². The molecule has 0 spiro atoms. The first kappa shape index (κ1) is 17.1. The molecule has 3 heterocycles. The molecule has 0 N–H and O–H groups in total. The van der Waals surface area contributed by atoms with Gasteiger partial charge in [-0.2, -0.15) is 4.39 Å². The minimum absolute atomic E-state index is 0.152. The Morgan fingerprint density at radius 2 is 1.93 bits per heavy atom. The van der Waals surface area contributed by atoms with Crippen LogP contribution in [0.2, 0.25) is 0 Å². The maximum Gasteiger partial charge on any atom is 0.198 e. The number of pyridine rings is 1. The van der Waals surface area contributed by atoms with Gasteiger partial charge >= 0.3 is 0 Å². The Bertz CT molecular complexity index is 1160. The third-order valence-electron chi connectivity index (χ3n) is 5.76. The lowest BCUT2D eigenvalue weighted by molar-refractivity contribution is 0.382. The molecule has 5 rings (SSSR count). The first-order chi connectivity index (χ1) is 13.6. The van der Waals surface area contributed by atoms with E-state index in [9.17, 15) is 8.78 Å². The lowest BCUT2D eigenvalue weighted by Crippen LogP contribution is -2.21. The minimum atomic E-state index is -0.242. The fraction of sp³-hybridized carbons (Fsp3) is 0.273. The highest BCUT2D eigenvalue weighted by molar-refractivity contribution is 5.54. The number of halogens is 2. The number of nitrogens with zero attached hydrogens (tertiary/aromatic N) is 4. The molecule has 1 aliphatic carbocycles. The molecule has 0 saturated heterocycles. The normalized spacial score (nSPS) is 16.5. The maximum atomic E-state index is 14.4. The third kappa shape index (κ3) is 2.80. The zero-order chi connectivity index (χ0) is 19.3. The number of hydrogen-bond donors (Lipinski definition) is 0. The van der Waals surface area contributed by atoms with Crippen LogP contribution in [-0.4, -0.2) is 19.4 Å². The molecular formula is C22H20F2N4. The van der Waals surface area contributed by atoms with Crippen molar-refractivity contribution in [2.24, 2.45) is 0 Å². The van der Waals surface area contributed by atoms with Gasteiger partial charge in [0.15, 0.2) is 5.95 Å². The number of hydrogen-bond acceptors (Lipinski definition) is 2. The van der Waals surface area contributed by atoms with Gasteiger partial charge in [-0.3, -0.25) is 4.40 Å². The summed E-state index contributed by atoms with van der Waals surface area (Å²) in [5.41, 5.74) is 6.05. The molecule has 0 bridgehead atoms. The van der Waals surface area contributed by atoms with E-state index < -0.39 is 0 Å². The van der Waals surface area contributed by atoms with E-state index in [0.29, 0.717) is 6.42 Å². The molecule has 4 nitrogen and oxygen atoms in total. The summed E-state index contributed by atoms with van der Waals surface area (Å²) in [6.07, 6.45) is 3.19. The van der Waals surface area contributed by atoms with Crippen molar-refractivity contribution >= 4 is 5.52 Å². The van der Waals surface area contributed by atoms with Crippen molar-refractivity contribution < 1.29 is 8.78 Å². The Balaban J connectivity index is 1.44. The average Bonchev–Trinajstić information content (AvgIpc) is 3.24. The lowest BCUT2D eigenvalue weighted by Gasteiger charge is -2.24. The molecule has 142 valence electrons.